The Bertz CT molecular complexity index is 656. The molecule has 6 nitrogen and oxygen atoms in total. The van der Waals surface area contributed by atoms with Gasteiger partial charge < -0.3 is 9.30 Å². The normalized spacial score (nSPS) is 19.5. The van der Waals surface area contributed by atoms with E-state index in [1.165, 1.54) is 5.56 Å². The van der Waals surface area contributed by atoms with Crippen molar-refractivity contribution in [1.29, 1.82) is 0 Å². The Hall–Kier alpha value is -1.92. The molecule has 0 spiro atoms. The number of hydrogen-bond acceptors (Lipinski definition) is 5. The lowest BCUT2D eigenvalue weighted by Crippen LogP contribution is -2.51. The Labute approximate surface area is 144 Å². The van der Waals surface area contributed by atoms with Crippen LogP contribution in [0.1, 0.15) is 25.2 Å². The number of para-hydroxylation sites is 1. The molecule has 1 aromatic heterocycles. The highest BCUT2D eigenvalue weighted by atomic mass is 16.5. The monoisotopic (exact) mass is 329 g/mol. The fourth-order valence-corrected chi connectivity index (χ4v) is 3.25. The minimum atomic E-state index is 0.495. The molecular formula is C18H27N5O. The first-order chi connectivity index (χ1) is 11.7. The van der Waals surface area contributed by atoms with E-state index in [1.54, 1.807) is 6.33 Å². The number of ether oxygens (including phenoxy) is 1. The molecule has 0 aliphatic carbocycles. The van der Waals surface area contributed by atoms with Crippen molar-refractivity contribution in [3.05, 3.63) is 42.0 Å². The summed E-state index contributed by atoms with van der Waals surface area (Å²) >= 11 is 0. The predicted molar refractivity (Wildman–Crippen MR) is 93.8 cm³/mol. The highest BCUT2D eigenvalue weighted by molar-refractivity contribution is 5.33. The van der Waals surface area contributed by atoms with Crippen molar-refractivity contribution in [2.75, 3.05) is 26.2 Å². The van der Waals surface area contributed by atoms with Gasteiger partial charge in [0.25, 0.3) is 0 Å². The van der Waals surface area contributed by atoms with Gasteiger partial charge in [0.1, 0.15) is 17.9 Å². The number of nitrogens with zero attached hydrogens (tertiary/aromatic N) is 5. The van der Waals surface area contributed by atoms with E-state index in [0.717, 1.165) is 44.3 Å². The molecule has 1 saturated heterocycles. The van der Waals surface area contributed by atoms with E-state index in [1.807, 2.05) is 24.6 Å². The lowest BCUT2D eigenvalue weighted by molar-refractivity contribution is 0.0701. The molecule has 0 saturated carbocycles. The summed E-state index contributed by atoms with van der Waals surface area (Å²) in [6.07, 6.45) is 1.76. The zero-order valence-corrected chi connectivity index (χ0v) is 14.9. The van der Waals surface area contributed by atoms with E-state index >= 15 is 0 Å². The molecule has 3 rings (SSSR count). The quantitative estimate of drug-likeness (QED) is 0.810. The summed E-state index contributed by atoms with van der Waals surface area (Å²) in [5.41, 5.74) is 1.27. The van der Waals surface area contributed by atoms with Crippen LogP contribution in [0, 0.1) is 0 Å². The summed E-state index contributed by atoms with van der Waals surface area (Å²) in [5.74, 6) is 2.03. The summed E-state index contributed by atoms with van der Waals surface area (Å²) in [6.45, 7) is 9.99. The van der Waals surface area contributed by atoms with Crippen LogP contribution >= 0.6 is 0 Å². The first-order valence-electron chi connectivity index (χ1n) is 8.67. The molecule has 2 heterocycles. The fraction of sp³-hybridized carbons (Fsp3) is 0.556. The van der Waals surface area contributed by atoms with Crippen LogP contribution < -0.4 is 4.74 Å². The minimum absolute atomic E-state index is 0.495. The highest BCUT2D eigenvalue weighted by Crippen LogP contribution is 2.22. The van der Waals surface area contributed by atoms with E-state index in [2.05, 4.69) is 45.1 Å². The van der Waals surface area contributed by atoms with E-state index in [0.29, 0.717) is 12.6 Å². The minimum Gasteiger partial charge on any atom is -0.494 e. The largest absolute Gasteiger partial charge is 0.494 e. The average molecular weight is 329 g/mol. The molecule has 24 heavy (non-hydrogen) atoms. The maximum Gasteiger partial charge on any atom is 0.146 e. The molecular weight excluding hydrogens is 302 g/mol. The van der Waals surface area contributed by atoms with Crippen LogP contribution in [-0.4, -0.2) is 56.8 Å². The van der Waals surface area contributed by atoms with Crippen LogP contribution in [-0.2, 0) is 20.1 Å². The number of piperazine rings is 1. The van der Waals surface area contributed by atoms with Crippen LogP contribution in [0.2, 0.25) is 0 Å². The number of aromatic nitrogens is 3. The highest BCUT2D eigenvalue weighted by Gasteiger charge is 2.25. The Kier molecular flexibility index (Phi) is 5.48. The molecule has 130 valence electrons. The first-order valence-corrected chi connectivity index (χ1v) is 8.67. The summed E-state index contributed by atoms with van der Waals surface area (Å²) in [4.78, 5) is 4.99. The molecule has 0 unspecified atom stereocenters. The molecule has 0 amide bonds. The zero-order valence-electron chi connectivity index (χ0n) is 14.9. The summed E-state index contributed by atoms with van der Waals surface area (Å²) < 4.78 is 7.75. The number of rotatable bonds is 6. The first kappa shape index (κ1) is 16.9. The van der Waals surface area contributed by atoms with E-state index < -0.39 is 0 Å². The molecule has 1 fully saturated rings. The molecule has 1 atom stereocenters. The van der Waals surface area contributed by atoms with Gasteiger partial charge in [-0.2, -0.15) is 0 Å². The Balaban J connectivity index is 1.59. The second-order valence-corrected chi connectivity index (χ2v) is 6.45. The van der Waals surface area contributed by atoms with Crippen molar-refractivity contribution < 1.29 is 4.74 Å². The van der Waals surface area contributed by atoms with Gasteiger partial charge in [-0.05, 0) is 19.9 Å². The van der Waals surface area contributed by atoms with Gasteiger partial charge in [-0.15, -0.1) is 10.2 Å². The molecule has 1 aliphatic heterocycles. The summed E-state index contributed by atoms with van der Waals surface area (Å²) in [7, 11) is 2.00. The van der Waals surface area contributed by atoms with Crippen LogP contribution in [0.4, 0.5) is 0 Å². The van der Waals surface area contributed by atoms with Crippen LogP contribution in [0.3, 0.4) is 0 Å². The van der Waals surface area contributed by atoms with Crippen molar-refractivity contribution in [2.45, 2.75) is 33.0 Å². The van der Waals surface area contributed by atoms with Crippen LogP contribution in [0.15, 0.2) is 30.6 Å². The predicted octanol–water partition coefficient (Wildman–Crippen LogP) is 1.92. The van der Waals surface area contributed by atoms with E-state index in [4.69, 9.17) is 4.74 Å². The standard InChI is InChI=1S/C18H27N5O/c1-4-24-17-8-6-5-7-16(17)12-22-9-10-23(15(2)11-22)13-18-20-19-14-21(18)3/h5-8,14-15H,4,9-13H2,1-3H3/t15-/m1/s1. The average Bonchev–Trinajstić information content (AvgIpc) is 2.97. The molecule has 6 heteroatoms. The van der Waals surface area contributed by atoms with Gasteiger partial charge >= 0.3 is 0 Å². The van der Waals surface area contributed by atoms with Crippen molar-refractivity contribution in [3.8, 4) is 5.75 Å². The van der Waals surface area contributed by atoms with Gasteiger partial charge in [0.05, 0.1) is 13.2 Å². The maximum atomic E-state index is 5.75. The SMILES string of the molecule is CCOc1ccccc1CN1CCN(Cc2nncn2C)[C@H](C)C1. The molecule has 1 aliphatic rings. The van der Waals surface area contributed by atoms with Crippen LogP contribution in [0.25, 0.3) is 0 Å². The third kappa shape index (κ3) is 3.94. The molecule has 1 aromatic carbocycles. The number of benzene rings is 1. The van der Waals surface area contributed by atoms with Gasteiger partial charge in [0.2, 0.25) is 0 Å². The van der Waals surface area contributed by atoms with Crippen molar-refractivity contribution in [3.63, 3.8) is 0 Å². The Morgan fingerprint density at radius 1 is 1.21 bits per heavy atom. The van der Waals surface area contributed by atoms with Crippen molar-refractivity contribution >= 4 is 0 Å². The number of aryl methyl sites for hydroxylation is 1. The van der Waals surface area contributed by atoms with Gasteiger partial charge in [0, 0.05) is 44.8 Å². The second kappa shape index (κ2) is 7.77. The molecule has 0 bridgehead atoms. The third-order valence-corrected chi connectivity index (χ3v) is 4.67. The lowest BCUT2D eigenvalue weighted by atomic mass is 10.1. The van der Waals surface area contributed by atoms with E-state index in [9.17, 15) is 0 Å². The Morgan fingerprint density at radius 2 is 2.04 bits per heavy atom. The van der Waals surface area contributed by atoms with Crippen LogP contribution in [0.5, 0.6) is 5.75 Å². The molecule has 0 radical (unpaired) electrons. The van der Waals surface area contributed by atoms with Crippen molar-refractivity contribution in [2.24, 2.45) is 7.05 Å². The van der Waals surface area contributed by atoms with E-state index in [-0.39, 0.29) is 0 Å². The second-order valence-electron chi connectivity index (χ2n) is 6.45. The topological polar surface area (TPSA) is 46.4 Å². The zero-order chi connectivity index (χ0) is 16.9. The Morgan fingerprint density at radius 3 is 2.75 bits per heavy atom. The van der Waals surface area contributed by atoms with Gasteiger partial charge in [-0.25, -0.2) is 0 Å². The summed E-state index contributed by atoms with van der Waals surface area (Å²) in [6, 6.07) is 8.85. The molecule has 2 aromatic rings. The third-order valence-electron chi connectivity index (χ3n) is 4.67. The number of hydrogen-bond donors (Lipinski definition) is 0. The van der Waals surface area contributed by atoms with Gasteiger partial charge in [-0.3, -0.25) is 9.80 Å². The smallest absolute Gasteiger partial charge is 0.146 e. The maximum absolute atomic E-state index is 5.75. The fourth-order valence-electron chi connectivity index (χ4n) is 3.25. The molecule has 0 N–H and O–H groups in total. The van der Waals surface area contributed by atoms with Crippen molar-refractivity contribution in [1.82, 2.24) is 24.6 Å². The van der Waals surface area contributed by atoms with Gasteiger partial charge in [0.15, 0.2) is 0 Å². The van der Waals surface area contributed by atoms with Gasteiger partial charge in [-0.1, -0.05) is 18.2 Å². The summed E-state index contributed by atoms with van der Waals surface area (Å²) in [5, 5.41) is 8.18. The lowest BCUT2D eigenvalue weighted by Gasteiger charge is -2.39.